The van der Waals surface area contributed by atoms with Gasteiger partial charge in [-0.15, -0.1) is 0 Å². The Bertz CT molecular complexity index is 797. The van der Waals surface area contributed by atoms with Gasteiger partial charge in [0.15, 0.2) is 0 Å². The molecular formula is C22H27N3O2. The lowest BCUT2D eigenvalue weighted by Gasteiger charge is -2.17. The number of benzene rings is 2. The van der Waals surface area contributed by atoms with Crippen molar-refractivity contribution >= 4 is 17.5 Å². The molecule has 3 rings (SSSR count). The van der Waals surface area contributed by atoms with E-state index in [2.05, 4.69) is 5.32 Å². The van der Waals surface area contributed by atoms with Crippen molar-refractivity contribution in [2.75, 3.05) is 25.5 Å². The predicted octanol–water partition coefficient (Wildman–Crippen LogP) is 2.73. The van der Waals surface area contributed by atoms with Crippen LogP contribution in [0.15, 0.2) is 48.5 Å². The average molecular weight is 365 g/mol. The number of amides is 2. The molecule has 1 aliphatic rings. The minimum absolute atomic E-state index is 0.0473. The summed E-state index contributed by atoms with van der Waals surface area (Å²) in [5, 5.41) is 2.97. The molecule has 1 fully saturated rings. The summed E-state index contributed by atoms with van der Waals surface area (Å²) < 4.78 is 0. The smallest absolute Gasteiger partial charge is 0.225 e. The molecule has 2 aromatic rings. The number of hydrogen-bond acceptors (Lipinski definition) is 3. The third-order valence-corrected chi connectivity index (χ3v) is 5.00. The van der Waals surface area contributed by atoms with Crippen LogP contribution in [0.3, 0.4) is 0 Å². The molecule has 0 radical (unpaired) electrons. The first kappa shape index (κ1) is 19.0. The van der Waals surface area contributed by atoms with Crippen molar-refractivity contribution < 1.29 is 9.59 Å². The number of rotatable bonds is 6. The van der Waals surface area contributed by atoms with Gasteiger partial charge in [-0.05, 0) is 30.2 Å². The molecule has 1 saturated heterocycles. The number of hydrogen-bond donors (Lipinski definition) is 1. The lowest BCUT2D eigenvalue weighted by atomic mass is 10.1. The van der Waals surface area contributed by atoms with Crippen molar-refractivity contribution in [2.24, 2.45) is 5.92 Å². The Balaban J connectivity index is 1.51. The summed E-state index contributed by atoms with van der Waals surface area (Å²) in [6.45, 7) is 3.57. The molecule has 0 spiro atoms. The van der Waals surface area contributed by atoms with Crippen LogP contribution in [-0.4, -0.2) is 37.4 Å². The summed E-state index contributed by atoms with van der Waals surface area (Å²) in [5.41, 5.74) is 4.46. The van der Waals surface area contributed by atoms with E-state index in [0.717, 1.165) is 16.8 Å². The Morgan fingerprint density at radius 1 is 1.07 bits per heavy atom. The largest absolute Gasteiger partial charge is 0.378 e. The summed E-state index contributed by atoms with van der Waals surface area (Å²) in [6, 6.07) is 16.2. The van der Waals surface area contributed by atoms with Crippen LogP contribution < -0.4 is 10.2 Å². The Kier molecular flexibility index (Phi) is 5.79. The van der Waals surface area contributed by atoms with Gasteiger partial charge in [0.1, 0.15) is 0 Å². The van der Waals surface area contributed by atoms with Crippen LogP contribution in [-0.2, 0) is 22.7 Å². The molecule has 1 aliphatic heterocycles. The molecule has 5 heteroatoms. The van der Waals surface area contributed by atoms with Crippen LogP contribution in [0.25, 0.3) is 0 Å². The van der Waals surface area contributed by atoms with Crippen molar-refractivity contribution in [2.45, 2.75) is 26.4 Å². The monoisotopic (exact) mass is 365 g/mol. The fraction of sp³-hybridized carbons (Fsp3) is 0.364. The van der Waals surface area contributed by atoms with Crippen LogP contribution in [0, 0.1) is 12.8 Å². The normalized spacial score (nSPS) is 16.5. The van der Waals surface area contributed by atoms with Crippen molar-refractivity contribution in [3.8, 4) is 0 Å². The first-order chi connectivity index (χ1) is 12.9. The molecule has 2 aromatic carbocycles. The summed E-state index contributed by atoms with van der Waals surface area (Å²) in [6.07, 6.45) is 0.289. The highest BCUT2D eigenvalue weighted by Gasteiger charge is 2.34. The van der Waals surface area contributed by atoms with E-state index >= 15 is 0 Å². The highest BCUT2D eigenvalue weighted by Crippen LogP contribution is 2.21. The Labute approximate surface area is 161 Å². The molecular weight excluding hydrogens is 338 g/mol. The molecule has 0 bridgehead atoms. The Morgan fingerprint density at radius 2 is 1.70 bits per heavy atom. The number of nitrogens with one attached hydrogen (secondary N) is 1. The molecule has 27 heavy (non-hydrogen) atoms. The molecule has 5 nitrogen and oxygen atoms in total. The minimum Gasteiger partial charge on any atom is -0.378 e. The van der Waals surface area contributed by atoms with Gasteiger partial charge in [0.2, 0.25) is 11.8 Å². The van der Waals surface area contributed by atoms with Gasteiger partial charge < -0.3 is 15.1 Å². The number of aryl methyl sites for hydroxylation is 1. The van der Waals surface area contributed by atoms with Crippen molar-refractivity contribution in [3.63, 3.8) is 0 Å². The molecule has 1 unspecified atom stereocenters. The first-order valence-corrected chi connectivity index (χ1v) is 9.29. The van der Waals surface area contributed by atoms with E-state index in [1.54, 1.807) is 4.90 Å². The number of carbonyl (C=O) groups excluding carboxylic acids is 2. The Hall–Kier alpha value is -2.82. The quantitative estimate of drug-likeness (QED) is 0.856. The fourth-order valence-electron chi connectivity index (χ4n) is 3.26. The van der Waals surface area contributed by atoms with E-state index in [0.29, 0.717) is 19.6 Å². The van der Waals surface area contributed by atoms with Crippen LogP contribution >= 0.6 is 0 Å². The Morgan fingerprint density at radius 3 is 2.33 bits per heavy atom. The highest BCUT2D eigenvalue weighted by atomic mass is 16.2. The lowest BCUT2D eigenvalue weighted by Crippen LogP contribution is -2.32. The minimum atomic E-state index is -0.274. The second kappa shape index (κ2) is 8.25. The molecule has 0 aliphatic carbocycles. The highest BCUT2D eigenvalue weighted by molar-refractivity contribution is 5.89. The SMILES string of the molecule is Cc1ccc(CN2CC(C(=O)NCc3ccc(N(C)C)cc3)CC2=O)cc1. The molecule has 0 aromatic heterocycles. The number of likely N-dealkylation sites (tertiary alicyclic amines) is 1. The molecule has 1 atom stereocenters. The number of carbonyl (C=O) groups is 2. The van der Waals surface area contributed by atoms with Gasteiger partial charge >= 0.3 is 0 Å². The fourth-order valence-corrected chi connectivity index (χ4v) is 3.26. The number of nitrogens with zero attached hydrogens (tertiary/aromatic N) is 2. The lowest BCUT2D eigenvalue weighted by molar-refractivity contribution is -0.129. The first-order valence-electron chi connectivity index (χ1n) is 9.29. The molecule has 1 N–H and O–H groups in total. The standard InChI is InChI=1S/C22H27N3O2/c1-16-4-6-18(7-5-16)14-25-15-19(12-21(25)26)22(27)23-13-17-8-10-20(11-9-17)24(2)3/h4-11,19H,12-15H2,1-3H3,(H,23,27). The van der Waals surface area contributed by atoms with E-state index in [1.165, 1.54) is 5.56 Å². The van der Waals surface area contributed by atoms with Gasteiger partial charge in [0.05, 0.1) is 5.92 Å². The van der Waals surface area contributed by atoms with Crippen LogP contribution in [0.4, 0.5) is 5.69 Å². The second-order valence-electron chi connectivity index (χ2n) is 7.44. The zero-order valence-corrected chi connectivity index (χ0v) is 16.2. The maximum Gasteiger partial charge on any atom is 0.225 e. The topological polar surface area (TPSA) is 52.7 Å². The summed E-state index contributed by atoms with van der Waals surface area (Å²) >= 11 is 0. The van der Waals surface area contributed by atoms with Gasteiger partial charge in [-0.1, -0.05) is 42.0 Å². The van der Waals surface area contributed by atoms with Crippen LogP contribution in [0.5, 0.6) is 0 Å². The predicted molar refractivity (Wildman–Crippen MR) is 107 cm³/mol. The van der Waals surface area contributed by atoms with Crippen molar-refractivity contribution in [1.29, 1.82) is 0 Å². The molecule has 1 heterocycles. The van der Waals surface area contributed by atoms with Crippen LogP contribution in [0.2, 0.25) is 0 Å². The summed E-state index contributed by atoms with van der Waals surface area (Å²) in [5.74, 6) is -0.276. The average Bonchev–Trinajstić information content (AvgIpc) is 3.02. The van der Waals surface area contributed by atoms with E-state index < -0.39 is 0 Å². The molecule has 2 amide bonds. The maximum atomic E-state index is 12.5. The van der Waals surface area contributed by atoms with Crippen molar-refractivity contribution in [3.05, 3.63) is 65.2 Å². The van der Waals surface area contributed by atoms with E-state index in [-0.39, 0.29) is 24.2 Å². The second-order valence-corrected chi connectivity index (χ2v) is 7.44. The summed E-state index contributed by atoms with van der Waals surface area (Å²) in [7, 11) is 3.99. The third kappa shape index (κ3) is 4.88. The maximum absolute atomic E-state index is 12.5. The summed E-state index contributed by atoms with van der Waals surface area (Å²) in [4.78, 5) is 28.6. The molecule has 0 saturated carbocycles. The van der Waals surface area contributed by atoms with E-state index in [4.69, 9.17) is 0 Å². The molecule has 142 valence electrons. The third-order valence-electron chi connectivity index (χ3n) is 5.00. The van der Waals surface area contributed by atoms with Gasteiger partial charge in [-0.2, -0.15) is 0 Å². The van der Waals surface area contributed by atoms with Crippen molar-refractivity contribution in [1.82, 2.24) is 10.2 Å². The van der Waals surface area contributed by atoms with Gasteiger partial charge in [-0.3, -0.25) is 9.59 Å². The van der Waals surface area contributed by atoms with E-state index in [1.807, 2.05) is 74.4 Å². The zero-order chi connectivity index (χ0) is 19.4. The van der Waals surface area contributed by atoms with E-state index in [9.17, 15) is 9.59 Å². The van der Waals surface area contributed by atoms with Gasteiger partial charge in [-0.25, -0.2) is 0 Å². The van der Waals surface area contributed by atoms with Crippen LogP contribution in [0.1, 0.15) is 23.1 Å². The van der Waals surface area contributed by atoms with Gasteiger partial charge in [0.25, 0.3) is 0 Å². The van der Waals surface area contributed by atoms with Gasteiger partial charge in [0, 0.05) is 45.8 Å². The zero-order valence-electron chi connectivity index (χ0n) is 16.2. The number of anilines is 1.